The lowest BCUT2D eigenvalue weighted by Gasteiger charge is -2.16. The Labute approximate surface area is 122 Å². The molecule has 0 heterocycles. The summed E-state index contributed by atoms with van der Waals surface area (Å²) < 4.78 is 18.9. The van der Waals surface area contributed by atoms with Gasteiger partial charge >= 0.3 is 0 Å². The second-order valence-electron chi connectivity index (χ2n) is 4.67. The van der Waals surface area contributed by atoms with Crippen LogP contribution < -0.4 is 15.8 Å². The van der Waals surface area contributed by atoms with Crippen LogP contribution in [0.15, 0.2) is 36.4 Å². The van der Waals surface area contributed by atoms with Crippen molar-refractivity contribution in [2.75, 3.05) is 11.1 Å². The van der Waals surface area contributed by atoms with Crippen molar-refractivity contribution in [3.05, 3.63) is 47.2 Å². The molecule has 106 valence electrons. The smallest absolute Gasteiger partial charge is 0.144 e. The Morgan fingerprint density at radius 1 is 1.25 bits per heavy atom. The van der Waals surface area contributed by atoms with Crippen LogP contribution in [0.2, 0.25) is 5.02 Å². The van der Waals surface area contributed by atoms with E-state index < -0.39 is 5.82 Å². The molecule has 2 aromatic rings. The zero-order valence-corrected chi connectivity index (χ0v) is 12.0. The SMILES string of the molecule is CC(C)Oc1cccc(Nc2cc(F)cc(Cl)c2)c1N. The lowest BCUT2D eigenvalue weighted by atomic mass is 10.2. The van der Waals surface area contributed by atoms with Gasteiger partial charge in [0.1, 0.15) is 11.6 Å². The number of anilines is 3. The molecule has 0 aliphatic carbocycles. The Hall–Kier alpha value is -1.94. The van der Waals surface area contributed by atoms with Gasteiger partial charge in [-0.25, -0.2) is 4.39 Å². The summed E-state index contributed by atoms with van der Waals surface area (Å²) in [6.45, 7) is 3.85. The molecule has 0 bridgehead atoms. The average molecular weight is 295 g/mol. The Morgan fingerprint density at radius 2 is 2.00 bits per heavy atom. The number of benzene rings is 2. The fourth-order valence-electron chi connectivity index (χ4n) is 1.79. The standard InChI is InChI=1S/C15H16ClFN2O/c1-9(2)20-14-5-3-4-13(15(14)18)19-12-7-10(16)6-11(17)8-12/h3-9,19H,18H2,1-2H3. The summed E-state index contributed by atoms with van der Waals surface area (Å²) in [5, 5.41) is 3.36. The number of rotatable bonds is 4. The van der Waals surface area contributed by atoms with Crippen LogP contribution in [-0.2, 0) is 0 Å². The number of hydrogen-bond donors (Lipinski definition) is 2. The van der Waals surface area contributed by atoms with Crippen molar-refractivity contribution in [1.29, 1.82) is 0 Å². The van der Waals surface area contributed by atoms with Crippen molar-refractivity contribution in [3.63, 3.8) is 0 Å². The van der Waals surface area contributed by atoms with Crippen molar-refractivity contribution in [2.45, 2.75) is 20.0 Å². The fourth-order valence-corrected chi connectivity index (χ4v) is 2.01. The van der Waals surface area contributed by atoms with Crippen LogP contribution in [0.3, 0.4) is 0 Å². The van der Waals surface area contributed by atoms with Crippen LogP contribution in [0.5, 0.6) is 5.75 Å². The molecule has 0 radical (unpaired) electrons. The second-order valence-corrected chi connectivity index (χ2v) is 5.10. The summed E-state index contributed by atoms with van der Waals surface area (Å²) in [6.07, 6.45) is 0.0242. The molecule has 0 unspecified atom stereocenters. The van der Waals surface area contributed by atoms with Gasteiger partial charge in [0.25, 0.3) is 0 Å². The lowest BCUT2D eigenvalue weighted by molar-refractivity contribution is 0.244. The van der Waals surface area contributed by atoms with E-state index in [4.69, 9.17) is 22.1 Å². The van der Waals surface area contributed by atoms with Crippen LogP contribution in [0.25, 0.3) is 0 Å². The molecule has 3 N–H and O–H groups in total. The third-order valence-electron chi connectivity index (χ3n) is 2.57. The summed E-state index contributed by atoms with van der Waals surface area (Å²) in [6, 6.07) is 9.62. The molecule has 0 spiro atoms. The minimum absolute atomic E-state index is 0.0242. The topological polar surface area (TPSA) is 47.3 Å². The van der Waals surface area contributed by atoms with Crippen LogP contribution in [0.4, 0.5) is 21.5 Å². The molecule has 20 heavy (non-hydrogen) atoms. The highest BCUT2D eigenvalue weighted by Crippen LogP contribution is 2.32. The van der Waals surface area contributed by atoms with Gasteiger partial charge < -0.3 is 15.8 Å². The average Bonchev–Trinajstić information content (AvgIpc) is 2.32. The zero-order chi connectivity index (χ0) is 14.7. The van der Waals surface area contributed by atoms with E-state index in [9.17, 15) is 4.39 Å². The third-order valence-corrected chi connectivity index (χ3v) is 2.79. The summed E-state index contributed by atoms with van der Waals surface area (Å²) in [7, 11) is 0. The van der Waals surface area contributed by atoms with Gasteiger partial charge in [-0.05, 0) is 44.2 Å². The minimum atomic E-state index is -0.409. The van der Waals surface area contributed by atoms with Gasteiger partial charge in [-0.2, -0.15) is 0 Å². The van der Waals surface area contributed by atoms with E-state index in [1.807, 2.05) is 19.9 Å². The molecule has 0 atom stereocenters. The van der Waals surface area contributed by atoms with E-state index in [1.165, 1.54) is 12.1 Å². The molecule has 0 fully saturated rings. The Bertz CT molecular complexity index is 597. The van der Waals surface area contributed by atoms with Gasteiger partial charge in [0.15, 0.2) is 0 Å². The number of nitrogens with two attached hydrogens (primary N) is 1. The monoisotopic (exact) mass is 294 g/mol. The zero-order valence-electron chi connectivity index (χ0n) is 11.3. The van der Waals surface area contributed by atoms with Crippen molar-refractivity contribution < 1.29 is 9.13 Å². The quantitative estimate of drug-likeness (QED) is 0.811. The lowest BCUT2D eigenvalue weighted by Crippen LogP contribution is -2.08. The van der Waals surface area contributed by atoms with Crippen molar-refractivity contribution in [1.82, 2.24) is 0 Å². The largest absolute Gasteiger partial charge is 0.489 e. The highest BCUT2D eigenvalue weighted by molar-refractivity contribution is 6.30. The summed E-state index contributed by atoms with van der Waals surface area (Å²) in [5.74, 6) is 0.181. The van der Waals surface area contributed by atoms with Crippen LogP contribution >= 0.6 is 11.6 Å². The number of para-hydroxylation sites is 1. The van der Waals surface area contributed by atoms with Crippen molar-refractivity contribution >= 4 is 28.7 Å². The number of nitrogens with one attached hydrogen (secondary N) is 1. The predicted molar refractivity (Wildman–Crippen MR) is 81.3 cm³/mol. The predicted octanol–water partition coefficient (Wildman–Crippen LogP) is 4.59. The van der Waals surface area contributed by atoms with E-state index in [2.05, 4.69) is 5.32 Å². The molecule has 0 aliphatic heterocycles. The molecule has 3 nitrogen and oxygen atoms in total. The molecule has 2 rings (SSSR count). The van der Waals surface area contributed by atoms with Gasteiger partial charge in [0.05, 0.1) is 17.5 Å². The first kappa shape index (κ1) is 14.5. The first-order valence-electron chi connectivity index (χ1n) is 6.24. The first-order chi connectivity index (χ1) is 9.45. The van der Waals surface area contributed by atoms with E-state index in [0.29, 0.717) is 27.8 Å². The van der Waals surface area contributed by atoms with Gasteiger partial charge in [0.2, 0.25) is 0 Å². The highest BCUT2D eigenvalue weighted by atomic mass is 35.5. The van der Waals surface area contributed by atoms with Gasteiger partial charge in [-0.15, -0.1) is 0 Å². The van der Waals surface area contributed by atoms with Gasteiger partial charge in [0, 0.05) is 10.7 Å². The second kappa shape index (κ2) is 6.01. The molecule has 0 amide bonds. The number of hydrogen-bond acceptors (Lipinski definition) is 3. The summed E-state index contributed by atoms with van der Waals surface area (Å²) in [5.41, 5.74) is 7.69. The molecular weight excluding hydrogens is 279 g/mol. The Balaban J connectivity index is 2.29. The molecule has 5 heteroatoms. The van der Waals surface area contributed by atoms with E-state index >= 15 is 0 Å². The highest BCUT2D eigenvalue weighted by Gasteiger charge is 2.08. The van der Waals surface area contributed by atoms with E-state index in [-0.39, 0.29) is 6.10 Å². The van der Waals surface area contributed by atoms with Gasteiger partial charge in [-0.3, -0.25) is 0 Å². The third kappa shape index (κ3) is 3.54. The maximum atomic E-state index is 13.3. The Morgan fingerprint density at radius 3 is 2.65 bits per heavy atom. The number of nitrogen functional groups attached to an aromatic ring is 1. The molecule has 0 saturated heterocycles. The fraction of sp³-hybridized carbons (Fsp3) is 0.200. The number of halogens is 2. The maximum Gasteiger partial charge on any atom is 0.144 e. The van der Waals surface area contributed by atoms with Crippen LogP contribution in [-0.4, -0.2) is 6.10 Å². The molecule has 0 aromatic heterocycles. The summed E-state index contributed by atoms with van der Waals surface area (Å²) >= 11 is 5.82. The van der Waals surface area contributed by atoms with Crippen molar-refractivity contribution in [3.8, 4) is 5.75 Å². The normalized spacial score (nSPS) is 10.7. The van der Waals surface area contributed by atoms with Crippen LogP contribution in [0.1, 0.15) is 13.8 Å². The Kier molecular flexibility index (Phi) is 4.35. The molecular formula is C15H16ClFN2O. The number of ether oxygens (including phenoxy) is 1. The maximum absolute atomic E-state index is 13.3. The first-order valence-corrected chi connectivity index (χ1v) is 6.62. The van der Waals surface area contributed by atoms with E-state index in [0.717, 1.165) is 0 Å². The molecule has 2 aromatic carbocycles. The van der Waals surface area contributed by atoms with Crippen LogP contribution in [0, 0.1) is 5.82 Å². The van der Waals surface area contributed by atoms with Gasteiger partial charge in [-0.1, -0.05) is 17.7 Å². The van der Waals surface area contributed by atoms with Crippen molar-refractivity contribution in [2.24, 2.45) is 0 Å². The minimum Gasteiger partial charge on any atom is -0.489 e. The molecule has 0 saturated carbocycles. The molecule has 0 aliphatic rings. The summed E-state index contributed by atoms with van der Waals surface area (Å²) in [4.78, 5) is 0. The van der Waals surface area contributed by atoms with E-state index in [1.54, 1.807) is 18.2 Å².